The highest BCUT2D eigenvalue weighted by Crippen LogP contribution is 2.21. The van der Waals surface area contributed by atoms with Crippen LogP contribution in [0.3, 0.4) is 0 Å². The summed E-state index contributed by atoms with van der Waals surface area (Å²) in [6.07, 6.45) is -1.43. The summed E-state index contributed by atoms with van der Waals surface area (Å²) in [5, 5.41) is 28.3. The van der Waals surface area contributed by atoms with Crippen molar-refractivity contribution >= 4 is 17.6 Å². The Morgan fingerprint density at radius 3 is 2.56 bits per heavy atom. The normalized spacial score (nSPS) is 16.5. The Hall–Kier alpha value is -1.10. The number of benzene rings is 1. The van der Waals surface area contributed by atoms with Gasteiger partial charge in [-0.2, -0.15) is 0 Å². The first kappa shape index (κ1) is 13.0. The molecule has 0 aromatic heterocycles. The molecule has 0 aliphatic heterocycles. The number of aliphatic carboxylic acids is 1. The second-order valence-corrected chi connectivity index (χ2v) is 4.17. The molecule has 5 heteroatoms. The fraction of sp³-hybridized carbons (Fsp3) is 0.364. The predicted octanol–water partition coefficient (Wildman–Crippen LogP) is 1.08. The molecule has 88 valence electrons. The lowest BCUT2D eigenvalue weighted by Gasteiger charge is -2.24. The van der Waals surface area contributed by atoms with Gasteiger partial charge in [0.15, 0.2) is 5.60 Å². The number of halogens is 1. The summed E-state index contributed by atoms with van der Waals surface area (Å²) in [5.41, 5.74) is -1.59. The van der Waals surface area contributed by atoms with Crippen LogP contribution in [0.5, 0.6) is 0 Å². The predicted molar refractivity (Wildman–Crippen MR) is 59.4 cm³/mol. The molecule has 1 aromatic carbocycles. The van der Waals surface area contributed by atoms with E-state index in [9.17, 15) is 15.0 Å². The molecule has 4 nitrogen and oxygen atoms in total. The third-order valence-corrected chi connectivity index (χ3v) is 2.82. The molecule has 0 bridgehead atoms. The van der Waals surface area contributed by atoms with E-state index in [1.54, 1.807) is 24.3 Å². The maximum atomic E-state index is 10.7. The van der Waals surface area contributed by atoms with Crippen molar-refractivity contribution in [1.29, 1.82) is 0 Å². The summed E-state index contributed by atoms with van der Waals surface area (Å²) in [6.45, 7) is 1.05. The highest BCUT2D eigenvalue weighted by molar-refractivity contribution is 6.31. The number of carbonyl (C=O) groups is 1. The minimum absolute atomic E-state index is 0.0149. The fourth-order valence-corrected chi connectivity index (χ4v) is 1.43. The maximum Gasteiger partial charge on any atom is 0.338 e. The first-order chi connectivity index (χ1) is 7.35. The Kier molecular flexibility index (Phi) is 3.91. The monoisotopic (exact) mass is 244 g/mol. The summed E-state index contributed by atoms with van der Waals surface area (Å²) in [4.78, 5) is 10.7. The van der Waals surface area contributed by atoms with E-state index < -0.39 is 17.7 Å². The Morgan fingerprint density at radius 2 is 2.06 bits per heavy atom. The van der Waals surface area contributed by atoms with Crippen molar-refractivity contribution in [1.82, 2.24) is 0 Å². The van der Waals surface area contributed by atoms with E-state index >= 15 is 0 Å². The van der Waals surface area contributed by atoms with Gasteiger partial charge in [0, 0.05) is 11.4 Å². The smallest absolute Gasteiger partial charge is 0.338 e. The molecule has 1 rings (SSSR count). The highest BCUT2D eigenvalue weighted by atomic mass is 35.5. The lowest BCUT2D eigenvalue weighted by atomic mass is 9.93. The standard InChI is InChI=1S/C11H13ClO4/c1-11(16,10(14)15)9(13)6-7-4-2-3-5-8(7)12/h2-5,9,13,16H,6H2,1H3,(H,14,15)/t9-,11+/m0/s1. The van der Waals surface area contributed by atoms with E-state index in [1.165, 1.54) is 0 Å². The van der Waals surface area contributed by atoms with Crippen LogP contribution in [0.25, 0.3) is 0 Å². The van der Waals surface area contributed by atoms with Crippen LogP contribution in [0.15, 0.2) is 24.3 Å². The summed E-state index contributed by atoms with van der Waals surface area (Å²) in [6, 6.07) is 6.76. The molecule has 2 atom stereocenters. The van der Waals surface area contributed by atoms with E-state index in [1.807, 2.05) is 0 Å². The number of carboxylic acids is 1. The summed E-state index contributed by atoms with van der Waals surface area (Å²) in [7, 11) is 0. The van der Waals surface area contributed by atoms with Crippen LogP contribution in [0.2, 0.25) is 5.02 Å². The molecule has 16 heavy (non-hydrogen) atoms. The second kappa shape index (κ2) is 4.82. The molecular weight excluding hydrogens is 232 g/mol. The van der Waals surface area contributed by atoms with Crippen molar-refractivity contribution in [3.8, 4) is 0 Å². The van der Waals surface area contributed by atoms with Gasteiger partial charge in [-0.15, -0.1) is 0 Å². The minimum atomic E-state index is -2.18. The zero-order chi connectivity index (χ0) is 12.3. The van der Waals surface area contributed by atoms with Crippen molar-refractivity contribution in [2.75, 3.05) is 0 Å². The highest BCUT2D eigenvalue weighted by Gasteiger charge is 2.38. The number of hydrogen-bond donors (Lipinski definition) is 3. The van der Waals surface area contributed by atoms with E-state index in [4.69, 9.17) is 16.7 Å². The zero-order valence-electron chi connectivity index (χ0n) is 8.72. The zero-order valence-corrected chi connectivity index (χ0v) is 9.48. The van der Waals surface area contributed by atoms with Crippen LogP contribution >= 0.6 is 11.6 Å². The summed E-state index contributed by atoms with van der Waals surface area (Å²) in [5.74, 6) is -1.47. The van der Waals surface area contributed by atoms with Gasteiger partial charge in [0.1, 0.15) is 0 Å². The van der Waals surface area contributed by atoms with Gasteiger partial charge in [-0.25, -0.2) is 4.79 Å². The number of aliphatic hydroxyl groups excluding tert-OH is 1. The Balaban J connectivity index is 2.83. The van der Waals surface area contributed by atoms with Crippen molar-refractivity contribution < 1.29 is 20.1 Å². The average molecular weight is 245 g/mol. The van der Waals surface area contributed by atoms with Crippen LogP contribution < -0.4 is 0 Å². The van der Waals surface area contributed by atoms with Crippen LogP contribution in [0.1, 0.15) is 12.5 Å². The Bertz CT molecular complexity index is 389. The molecule has 0 saturated carbocycles. The maximum absolute atomic E-state index is 10.7. The molecule has 0 unspecified atom stereocenters. The van der Waals surface area contributed by atoms with Gasteiger partial charge in [0.05, 0.1) is 6.10 Å². The molecule has 0 saturated heterocycles. The molecule has 1 aromatic rings. The molecule has 3 N–H and O–H groups in total. The lowest BCUT2D eigenvalue weighted by Crippen LogP contribution is -2.47. The van der Waals surface area contributed by atoms with E-state index in [-0.39, 0.29) is 6.42 Å². The topological polar surface area (TPSA) is 77.8 Å². The van der Waals surface area contributed by atoms with Gasteiger partial charge in [-0.1, -0.05) is 29.8 Å². The molecule has 0 aliphatic carbocycles. The lowest BCUT2D eigenvalue weighted by molar-refractivity contribution is -0.168. The average Bonchev–Trinajstić information content (AvgIpc) is 2.21. The first-order valence-corrected chi connectivity index (χ1v) is 5.10. The van der Waals surface area contributed by atoms with Crippen molar-refractivity contribution in [3.05, 3.63) is 34.9 Å². The quantitative estimate of drug-likeness (QED) is 0.741. The summed E-state index contributed by atoms with van der Waals surface area (Å²) >= 11 is 5.86. The molecule has 0 spiro atoms. The van der Waals surface area contributed by atoms with Crippen molar-refractivity contribution in [3.63, 3.8) is 0 Å². The minimum Gasteiger partial charge on any atom is -0.479 e. The van der Waals surface area contributed by atoms with E-state index in [2.05, 4.69) is 0 Å². The largest absolute Gasteiger partial charge is 0.479 e. The Labute approximate surface area is 98.1 Å². The van der Waals surface area contributed by atoms with Gasteiger partial charge < -0.3 is 15.3 Å². The SMILES string of the molecule is C[C@](O)(C(=O)O)[C@@H](O)Cc1ccccc1Cl. The van der Waals surface area contributed by atoms with Crippen molar-refractivity contribution in [2.45, 2.75) is 25.0 Å². The first-order valence-electron chi connectivity index (χ1n) is 4.73. The molecule has 0 aliphatic rings. The molecule has 0 radical (unpaired) electrons. The molecule has 0 fully saturated rings. The fourth-order valence-electron chi connectivity index (χ4n) is 1.21. The van der Waals surface area contributed by atoms with Crippen LogP contribution in [0, 0.1) is 0 Å². The second-order valence-electron chi connectivity index (χ2n) is 3.76. The number of hydrogen-bond acceptors (Lipinski definition) is 3. The van der Waals surface area contributed by atoms with Gasteiger partial charge in [0.25, 0.3) is 0 Å². The van der Waals surface area contributed by atoms with Gasteiger partial charge in [-0.05, 0) is 18.6 Å². The number of carboxylic acid groups (broad SMARTS) is 1. The van der Waals surface area contributed by atoms with Crippen molar-refractivity contribution in [2.24, 2.45) is 0 Å². The molecular formula is C11H13ClO4. The van der Waals surface area contributed by atoms with E-state index in [0.717, 1.165) is 6.92 Å². The van der Waals surface area contributed by atoms with Crippen LogP contribution in [-0.4, -0.2) is 33.0 Å². The van der Waals surface area contributed by atoms with Gasteiger partial charge in [0.2, 0.25) is 0 Å². The number of rotatable bonds is 4. The third kappa shape index (κ3) is 2.72. The number of aliphatic hydroxyl groups is 2. The molecule has 0 heterocycles. The summed E-state index contributed by atoms with van der Waals surface area (Å²) < 4.78 is 0. The Morgan fingerprint density at radius 1 is 1.50 bits per heavy atom. The van der Waals surface area contributed by atoms with Gasteiger partial charge >= 0.3 is 5.97 Å². The third-order valence-electron chi connectivity index (χ3n) is 2.45. The van der Waals surface area contributed by atoms with Crippen LogP contribution in [0.4, 0.5) is 0 Å². The molecule has 0 amide bonds. The van der Waals surface area contributed by atoms with Gasteiger partial charge in [-0.3, -0.25) is 0 Å². The van der Waals surface area contributed by atoms with E-state index in [0.29, 0.717) is 10.6 Å². The van der Waals surface area contributed by atoms with Crippen LogP contribution in [-0.2, 0) is 11.2 Å².